The maximum absolute atomic E-state index is 12.0. The molecule has 4 nitrogen and oxygen atoms in total. The number of nitrogens with one attached hydrogen (secondary N) is 2. The molecule has 0 bridgehead atoms. The Balaban J connectivity index is 2.50. The van der Waals surface area contributed by atoms with Crippen molar-refractivity contribution in [3.63, 3.8) is 0 Å². The third-order valence-corrected chi connectivity index (χ3v) is 3.01. The monoisotopic (exact) mass is 278 g/mol. The highest BCUT2D eigenvalue weighted by atomic mass is 16.5. The molecule has 1 rings (SSSR count). The van der Waals surface area contributed by atoms with Gasteiger partial charge in [-0.3, -0.25) is 4.79 Å². The number of hydrogen-bond donors (Lipinski definition) is 2. The van der Waals surface area contributed by atoms with Crippen LogP contribution in [0.1, 0.15) is 31.9 Å². The SMILES string of the molecule is COCCNCC(=O)NC(CC(C)C)c1ccccc1. The second-order valence-electron chi connectivity index (χ2n) is 5.33. The number of benzene rings is 1. The van der Waals surface area contributed by atoms with E-state index in [0.717, 1.165) is 12.0 Å². The second kappa shape index (κ2) is 9.50. The summed E-state index contributed by atoms with van der Waals surface area (Å²) < 4.78 is 4.93. The Bertz CT molecular complexity index is 379. The molecule has 112 valence electrons. The van der Waals surface area contributed by atoms with Crippen molar-refractivity contribution in [3.05, 3.63) is 35.9 Å². The molecule has 0 spiro atoms. The summed E-state index contributed by atoms with van der Waals surface area (Å²) in [6.07, 6.45) is 0.938. The van der Waals surface area contributed by atoms with Gasteiger partial charge in [0.05, 0.1) is 19.2 Å². The van der Waals surface area contributed by atoms with Gasteiger partial charge in [-0.25, -0.2) is 0 Å². The van der Waals surface area contributed by atoms with Crippen molar-refractivity contribution in [3.8, 4) is 0 Å². The first-order valence-electron chi connectivity index (χ1n) is 7.17. The van der Waals surface area contributed by atoms with E-state index in [-0.39, 0.29) is 11.9 Å². The third kappa shape index (κ3) is 6.68. The number of amides is 1. The minimum Gasteiger partial charge on any atom is -0.383 e. The van der Waals surface area contributed by atoms with Gasteiger partial charge in [0, 0.05) is 13.7 Å². The summed E-state index contributed by atoms with van der Waals surface area (Å²) in [5.74, 6) is 0.553. The maximum Gasteiger partial charge on any atom is 0.234 e. The molecule has 0 aliphatic carbocycles. The summed E-state index contributed by atoms with van der Waals surface area (Å²) >= 11 is 0. The topological polar surface area (TPSA) is 50.4 Å². The molecule has 0 saturated carbocycles. The molecule has 1 aromatic carbocycles. The van der Waals surface area contributed by atoms with Crippen LogP contribution in [0, 0.1) is 5.92 Å². The number of carbonyl (C=O) groups is 1. The van der Waals surface area contributed by atoms with Crippen molar-refractivity contribution in [2.45, 2.75) is 26.3 Å². The number of ether oxygens (including phenoxy) is 1. The van der Waals surface area contributed by atoms with Crippen LogP contribution in [0.5, 0.6) is 0 Å². The molecule has 2 N–H and O–H groups in total. The Morgan fingerprint density at radius 2 is 1.95 bits per heavy atom. The standard InChI is InChI=1S/C16H26N2O2/c1-13(2)11-15(14-7-5-4-6-8-14)18-16(19)12-17-9-10-20-3/h4-8,13,15,17H,9-12H2,1-3H3,(H,18,19). The van der Waals surface area contributed by atoms with Gasteiger partial charge in [0.15, 0.2) is 0 Å². The fraction of sp³-hybridized carbons (Fsp3) is 0.562. The molecule has 0 aromatic heterocycles. The zero-order valence-corrected chi connectivity index (χ0v) is 12.7. The molecule has 1 unspecified atom stereocenters. The summed E-state index contributed by atoms with van der Waals surface area (Å²) in [6, 6.07) is 10.2. The van der Waals surface area contributed by atoms with Gasteiger partial charge in [0.1, 0.15) is 0 Å². The molecule has 4 heteroatoms. The molecule has 0 fully saturated rings. The molecule has 0 heterocycles. The predicted octanol–water partition coefficient (Wildman–Crippen LogP) is 2.13. The smallest absolute Gasteiger partial charge is 0.234 e. The lowest BCUT2D eigenvalue weighted by molar-refractivity contribution is -0.121. The van der Waals surface area contributed by atoms with E-state index < -0.39 is 0 Å². The van der Waals surface area contributed by atoms with Crippen LogP contribution in [0.2, 0.25) is 0 Å². The van der Waals surface area contributed by atoms with E-state index in [0.29, 0.717) is 25.6 Å². The molecule has 0 saturated heterocycles. The normalized spacial score (nSPS) is 12.4. The molecule has 0 aliphatic rings. The number of rotatable bonds is 9. The first-order chi connectivity index (χ1) is 9.63. The highest BCUT2D eigenvalue weighted by Crippen LogP contribution is 2.20. The van der Waals surface area contributed by atoms with Gasteiger partial charge < -0.3 is 15.4 Å². The van der Waals surface area contributed by atoms with Gasteiger partial charge in [-0.1, -0.05) is 44.2 Å². The molecule has 1 atom stereocenters. The Kier molecular flexibility index (Phi) is 7.92. The van der Waals surface area contributed by atoms with Crippen molar-refractivity contribution < 1.29 is 9.53 Å². The summed E-state index contributed by atoms with van der Waals surface area (Å²) in [4.78, 5) is 12.0. The third-order valence-electron chi connectivity index (χ3n) is 3.01. The lowest BCUT2D eigenvalue weighted by Gasteiger charge is -2.21. The fourth-order valence-corrected chi connectivity index (χ4v) is 2.06. The summed E-state index contributed by atoms with van der Waals surface area (Å²) in [7, 11) is 1.65. The zero-order valence-electron chi connectivity index (χ0n) is 12.7. The van der Waals surface area contributed by atoms with E-state index in [2.05, 4.69) is 36.6 Å². The average Bonchev–Trinajstić information content (AvgIpc) is 2.43. The van der Waals surface area contributed by atoms with Gasteiger partial charge in [0.2, 0.25) is 5.91 Å². The molecule has 20 heavy (non-hydrogen) atoms. The molecule has 1 amide bonds. The van der Waals surface area contributed by atoms with Gasteiger partial charge >= 0.3 is 0 Å². The van der Waals surface area contributed by atoms with Crippen LogP contribution in [-0.2, 0) is 9.53 Å². The van der Waals surface area contributed by atoms with Crippen molar-refractivity contribution in [1.29, 1.82) is 0 Å². The van der Waals surface area contributed by atoms with Gasteiger partial charge in [-0.2, -0.15) is 0 Å². The van der Waals surface area contributed by atoms with Crippen LogP contribution in [0.25, 0.3) is 0 Å². The van der Waals surface area contributed by atoms with E-state index in [9.17, 15) is 4.79 Å². The van der Waals surface area contributed by atoms with Crippen LogP contribution in [0.15, 0.2) is 30.3 Å². The van der Waals surface area contributed by atoms with E-state index >= 15 is 0 Å². The highest BCUT2D eigenvalue weighted by Gasteiger charge is 2.15. The van der Waals surface area contributed by atoms with E-state index in [1.807, 2.05) is 18.2 Å². The van der Waals surface area contributed by atoms with Crippen LogP contribution in [0.4, 0.5) is 0 Å². The largest absolute Gasteiger partial charge is 0.383 e. The predicted molar refractivity (Wildman–Crippen MR) is 81.5 cm³/mol. The molecule has 1 aromatic rings. The zero-order chi connectivity index (χ0) is 14.8. The number of methoxy groups -OCH3 is 1. The molecule has 0 aliphatic heterocycles. The quantitative estimate of drug-likeness (QED) is 0.680. The van der Waals surface area contributed by atoms with Gasteiger partial charge in [-0.05, 0) is 17.9 Å². The van der Waals surface area contributed by atoms with Crippen LogP contribution in [-0.4, -0.2) is 32.7 Å². The van der Waals surface area contributed by atoms with Gasteiger partial charge in [-0.15, -0.1) is 0 Å². The van der Waals surface area contributed by atoms with Crippen LogP contribution >= 0.6 is 0 Å². The Morgan fingerprint density at radius 3 is 2.55 bits per heavy atom. The van der Waals surface area contributed by atoms with Crippen molar-refractivity contribution in [2.24, 2.45) is 5.92 Å². The Hall–Kier alpha value is -1.39. The summed E-state index contributed by atoms with van der Waals surface area (Å²) in [5.41, 5.74) is 1.16. The molecule has 0 radical (unpaired) electrons. The van der Waals surface area contributed by atoms with E-state index in [1.165, 1.54) is 0 Å². The first kappa shape index (κ1) is 16.7. The minimum atomic E-state index is 0.0237. The van der Waals surface area contributed by atoms with Crippen molar-refractivity contribution in [1.82, 2.24) is 10.6 Å². The first-order valence-corrected chi connectivity index (χ1v) is 7.17. The number of hydrogen-bond acceptors (Lipinski definition) is 3. The molecular formula is C16H26N2O2. The van der Waals surface area contributed by atoms with E-state index in [4.69, 9.17) is 4.74 Å². The summed E-state index contributed by atoms with van der Waals surface area (Å²) in [6.45, 7) is 5.95. The fourth-order valence-electron chi connectivity index (χ4n) is 2.06. The van der Waals surface area contributed by atoms with Gasteiger partial charge in [0.25, 0.3) is 0 Å². The van der Waals surface area contributed by atoms with Crippen LogP contribution in [0.3, 0.4) is 0 Å². The summed E-state index contributed by atoms with van der Waals surface area (Å²) in [5, 5.41) is 6.16. The maximum atomic E-state index is 12.0. The lowest BCUT2D eigenvalue weighted by atomic mass is 9.97. The lowest BCUT2D eigenvalue weighted by Crippen LogP contribution is -2.37. The van der Waals surface area contributed by atoms with E-state index in [1.54, 1.807) is 7.11 Å². The minimum absolute atomic E-state index is 0.0237. The Morgan fingerprint density at radius 1 is 1.25 bits per heavy atom. The molecular weight excluding hydrogens is 252 g/mol. The van der Waals surface area contributed by atoms with Crippen molar-refractivity contribution in [2.75, 3.05) is 26.8 Å². The number of carbonyl (C=O) groups excluding carboxylic acids is 1. The second-order valence-corrected chi connectivity index (χ2v) is 5.33. The highest BCUT2D eigenvalue weighted by molar-refractivity contribution is 5.78. The Labute approximate surface area is 121 Å². The van der Waals surface area contributed by atoms with Crippen LogP contribution < -0.4 is 10.6 Å². The van der Waals surface area contributed by atoms with Crippen molar-refractivity contribution >= 4 is 5.91 Å². The average molecular weight is 278 g/mol.